The van der Waals surface area contributed by atoms with Crippen molar-refractivity contribution in [1.29, 1.82) is 0 Å². The number of aromatic nitrogens is 1. The van der Waals surface area contributed by atoms with Gasteiger partial charge in [0, 0.05) is 41.2 Å². The molecule has 1 aliphatic rings. The maximum atomic E-state index is 12.8. The molecule has 4 nitrogen and oxygen atoms in total. The molecule has 2 heterocycles. The van der Waals surface area contributed by atoms with E-state index in [9.17, 15) is 4.79 Å². The third kappa shape index (κ3) is 5.14. The van der Waals surface area contributed by atoms with Gasteiger partial charge in [0.15, 0.2) is 0 Å². The van der Waals surface area contributed by atoms with Crippen molar-refractivity contribution in [1.82, 2.24) is 9.47 Å². The Morgan fingerprint density at radius 3 is 2.52 bits per heavy atom. The number of carbonyl (C=O) groups excluding carboxylic acids is 1. The van der Waals surface area contributed by atoms with Crippen molar-refractivity contribution in [2.75, 3.05) is 13.1 Å². The summed E-state index contributed by atoms with van der Waals surface area (Å²) in [5, 5.41) is 1.13. The first-order valence-corrected chi connectivity index (χ1v) is 12.3. The fourth-order valence-electron chi connectivity index (χ4n) is 4.53. The van der Waals surface area contributed by atoms with Crippen LogP contribution in [0.25, 0.3) is 10.9 Å². The molecule has 5 rings (SSSR count). The van der Waals surface area contributed by atoms with E-state index < -0.39 is 0 Å². The molecule has 1 aromatic heterocycles. The molecular formula is C28H27BrN2O2. The van der Waals surface area contributed by atoms with Gasteiger partial charge >= 0.3 is 0 Å². The van der Waals surface area contributed by atoms with Crippen molar-refractivity contribution >= 4 is 32.7 Å². The van der Waals surface area contributed by atoms with Crippen LogP contribution in [0.2, 0.25) is 0 Å². The van der Waals surface area contributed by atoms with Crippen molar-refractivity contribution in [2.24, 2.45) is 0 Å². The Labute approximate surface area is 202 Å². The van der Waals surface area contributed by atoms with E-state index in [-0.39, 0.29) is 5.91 Å². The maximum Gasteiger partial charge on any atom is 0.227 e. The van der Waals surface area contributed by atoms with Gasteiger partial charge in [0.05, 0.1) is 6.42 Å². The van der Waals surface area contributed by atoms with Gasteiger partial charge in [-0.3, -0.25) is 4.79 Å². The minimum absolute atomic E-state index is 0.225. The average Bonchev–Trinajstić information content (AvgIpc) is 3.48. The standard InChI is InChI=1S/C28H27BrN2O2/c29-24-11-12-27-26(17-24)23(16-28(32)30-13-4-5-14-30)19-31(27)18-22-9-6-10-25(15-22)33-20-21-7-2-1-3-8-21/h1-3,6-12,15,17,19H,4-5,13-14,16,18,20H2. The molecule has 3 aromatic carbocycles. The fraction of sp³-hybridized carbons (Fsp3) is 0.250. The molecule has 0 N–H and O–H groups in total. The number of ether oxygens (including phenoxy) is 1. The van der Waals surface area contributed by atoms with E-state index >= 15 is 0 Å². The highest BCUT2D eigenvalue weighted by molar-refractivity contribution is 9.10. The topological polar surface area (TPSA) is 34.5 Å². The van der Waals surface area contributed by atoms with E-state index in [2.05, 4.69) is 69.2 Å². The molecule has 0 atom stereocenters. The summed E-state index contributed by atoms with van der Waals surface area (Å²) < 4.78 is 9.29. The highest BCUT2D eigenvalue weighted by atomic mass is 79.9. The van der Waals surface area contributed by atoms with Gasteiger partial charge in [-0.15, -0.1) is 0 Å². The highest BCUT2D eigenvalue weighted by Gasteiger charge is 2.20. The van der Waals surface area contributed by atoms with E-state index in [1.54, 1.807) is 0 Å². The molecule has 1 fully saturated rings. The molecule has 0 radical (unpaired) electrons. The van der Waals surface area contributed by atoms with Crippen LogP contribution in [0.3, 0.4) is 0 Å². The Balaban J connectivity index is 1.37. The number of carbonyl (C=O) groups is 1. The van der Waals surface area contributed by atoms with E-state index in [1.807, 2.05) is 35.2 Å². The van der Waals surface area contributed by atoms with Gasteiger partial charge in [0.1, 0.15) is 12.4 Å². The van der Waals surface area contributed by atoms with Crippen LogP contribution in [0.15, 0.2) is 83.5 Å². The molecule has 0 saturated carbocycles. The number of nitrogens with zero attached hydrogens (tertiary/aromatic N) is 2. The van der Waals surface area contributed by atoms with E-state index in [0.29, 0.717) is 13.0 Å². The number of hydrogen-bond donors (Lipinski definition) is 0. The lowest BCUT2D eigenvalue weighted by Crippen LogP contribution is -2.28. The lowest BCUT2D eigenvalue weighted by molar-refractivity contribution is -0.129. The van der Waals surface area contributed by atoms with Crippen LogP contribution in [0.1, 0.15) is 29.5 Å². The van der Waals surface area contributed by atoms with Crippen molar-refractivity contribution in [3.8, 4) is 5.75 Å². The van der Waals surface area contributed by atoms with E-state index in [0.717, 1.165) is 70.3 Å². The number of hydrogen-bond acceptors (Lipinski definition) is 2. The normalized spacial score (nSPS) is 13.5. The number of benzene rings is 3. The molecule has 0 unspecified atom stereocenters. The number of halogens is 1. The van der Waals surface area contributed by atoms with Gasteiger partial charge in [-0.2, -0.15) is 0 Å². The molecule has 1 amide bonds. The van der Waals surface area contributed by atoms with Gasteiger partial charge in [-0.25, -0.2) is 0 Å². The Morgan fingerprint density at radius 1 is 0.909 bits per heavy atom. The Hall–Kier alpha value is -3.05. The first kappa shape index (κ1) is 21.8. The Morgan fingerprint density at radius 2 is 1.70 bits per heavy atom. The van der Waals surface area contributed by atoms with Crippen LogP contribution in [0, 0.1) is 0 Å². The zero-order valence-corrected chi connectivity index (χ0v) is 20.1. The average molecular weight is 503 g/mol. The van der Waals surface area contributed by atoms with Crippen LogP contribution in [-0.4, -0.2) is 28.5 Å². The molecular weight excluding hydrogens is 476 g/mol. The number of fused-ring (bicyclic) bond motifs is 1. The maximum absolute atomic E-state index is 12.8. The smallest absolute Gasteiger partial charge is 0.227 e. The van der Waals surface area contributed by atoms with Crippen molar-refractivity contribution in [2.45, 2.75) is 32.4 Å². The predicted octanol–water partition coefficient (Wildman–Crippen LogP) is 6.20. The molecule has 168 valence electrons. The van der Waals surface area contributed by atoms with Crippen LogP contribution in [0.5, 0.6) is 5.75 Å². The van der Waals surface area contributed by atoms with E-state index in [1.165, 1.54) is 0 Å². The lowest BCUT2D eigenvalue weighted by Gasteiger charge is -2.14. The second-order valence-electron chi connectivity index (χ2n) is 8.63. The van der Waals surface area contributed by atoms with Crippen LogP contribution >= 0.6 is 15.9 Å². The van der Waals surface area contributed by atoms with Gasteiger partial charge in [-0.05, 0) is 59.9 Å². The molecule has 0 bridgehead atoms. The van der Waals surface area contributed by atoms with Crippen LogP contribution in [-0.2, 0) is 24.4 Å². The first-order chi connectivity index (χ1) is 16.2. The monoisotopic (exact) mass is 502 g/mol. The van der Waals surface area contributed by atoms with E-state index in [4.69, 9.17) is 4.74 Å². The minimum atomic E-state index is 0.225. The predicted molar refractivity (Wildman–Crippen MR) is 135 cm³/mol. The first-order valence-electron chi connectivity index (χ1n) is 11.5. The van der Waals surface area contributed by atoms with Gasteiger partial charge < -0.3 is 14.2 Å². The summed E-state index contributed by atoms with van der Waals surface area (Å²) in [6.45, 7) is 3.04. The molecule has 4 aromatic rings. The summed E-state index contributed by atoms with van der Waals surface area (Å²) in [6, 6.07) is 24.8. The lowest BCUT2D eigenvalue weighted by atomic mass is 10.1. The Bertz CT molecular complexity index is 1260. The molecule has 1 saturated heterocycles. The fourth-order valence-corrected chi connectivity index (χ4v) is 4.89. The molecule has 5 heteroatoms. The van der Waals surface area contributed by atoms with Gasteiger partial charge in [-0.1, -0.05) is 58.4 Å². The van der Waals surface area contributed by atoms with Crippen molar-refractivity contribution < 1.29 is 9.53 Å². The van der Waals surface area contributed by atoms with Gasteiger partial charge in [0.2, 0.25) is 5.91 Å². The quantitative estimate of drug-likeness (QED) is 0.301. The summed E-state index contributed by atoms with van der Waals surface area (Å²) in [5.74, 6) is 1.09. The summed E-state index contributed by atoms with van der Waals surface area (Å²) in [6.07, 6.45) is 4.81. The summed E-state index contributed by atoms with van der Waals surface area (Å²) in [4.78, 5) is 14.8. The van der Waals surface area contributed by atoms with Crippen molar-refractivity contribution in [3.63, 3.8) is 0 Å². The Kier molecular flexibility index (Phi) is 6.49. The van der Waals surface area contributed by atoms with Gasteiger partial charge in [0.25, 0.3) is 0 Å². The van der Waals surface area contributed by atoms with Crippen LogP contribution in [0.4, 0.5) is 0 Å². The SMILES string of the molecule is O=C(Cc1cn(Cc2cccc(OCc3ccccc3)c2)c2ccc(Br)cc12)N1CCCC1. The third-order valence-corrected chi connectivity index (χ3v) is 6.72. The number of amides is 1. The largest absolute Gasteiger partial charge is 0.489 e. The second kappa shape index (κ2) is 9.84. The number of rotatable bonds is 7. The zero-order chi connectivity index (χ0) is 22.6. The molecule has 1 aliphatic heterocycles. The van der Waals surface area contributed by atoms with Crippen LogP contribution < -0.4 is 4.74 Å². The highest BCUT2D eigenvalue weighted by Crippen LogP contribution is 2.28. The second-order valence-corrected chi connectivity index (χ2v) is 9.55. The summed E-state index contributed by atoms with van der Waals surface area (Å²) >= 11 is 3.60. The zero-order valence-electron chi connectivity index (χ0n) is 18.5. The summed E-state index contributed by atoms with van der Waals surface area (Å²) in [5.41, 5.74) is 4.53. The third-order valence-electron chi connectivity index (χ3n) is 6.23. The number of likely N-dealkylation sites (tertiary alicyclic amines) is 1. The summed E-state index contributed by atoms with van der Waals surface area (Å²) in [7, 11) is 0. The molecule has 0 aliphatic carbocycles. The molecule has 0 spiro atoms. The minimum Gasteiger partial charge on any atom is -0.489 e. The molecule has 33 heavy (non-hydrogen) atoms. The van der Waals surface area contributed by atoms with Crippen molar-refractivity contribution in [3.05, 3.63) is 100 Å².